The van der Waals surface area contributed by atoms with Crippen molar-refractivity contribution in [3.05, 3.63) is 231 Å². The van der Waals surface area contributed by atoms with Crippen molar-refractivity contribution in [3.8, 4) is 39.1 Å². The van der Waals surface area contributed by atoms with E-state index < -0.39 is 0 Å². The zero-order chi connectivity index (χ0) is 38.4. The van der Waals surface area contributed by atoms with E-state index in [0.717, 1.165) is 33.8 Å². The molecule has 0 radical (unpaired) electrons. The standard InChI is InChI=1S/C56H38N2/c1-3-18-41(19-4-1)46-28-11-13-32-52(46)57(42-24-5-2-6-25-42)54-34-17-35-55-56(54)50-29-12-14-33-53(50)58(55)43-36-37-49(47-30-15-22-39-20-7-9-26-44(39)47)51(38-43)48-31-16-23-40-21-8-10-27-45(40)48/h1-38H. The van der Waals surface area contributed by atoms with Crippen molar-refractivity contribution >= 4 is 60.4 Å². The van der Waals surface area contributed by atoms with E-state index in [1.54, 1.807) is 0 Å². The third-order valence-electron chi connectivity index (χ3n) is 11.6. The van der Waals surface area contributed by atoms with Crippen LogP contribution >= 0.6 is 0 Å². The molecule has 0 fully saturated rings. The highest BCUT2D eigenvalue weighted by Crippen LogP contribution is 2.47. The second kappa shape index (κ2) is 14.1. The number of anilines is 3. The van der Waals surface area contributed by atoms with Crippen LogP contribution in [0.2, 0.25) is 0 Å². The predicted molar refractivity (Wildman–Crippen MR) is 247 cm³/mol. The molecule has 0 atom stereocenters. The zero-order valence-electron chi connectivity index (χ0n) is 31.8. The second-order valence-electron chi connectivity index (χ2n) is 14.9. The third-order valence-corrected chi connectivity index (χ3v) is 11.6. The van der Waals surface area contributed by atoms with E-state index >= 15 is 0 Å². The second-order valence-corrected chi connectivity index (χ2v) is 14.9. The van der Waals surface area contributed by atoms with Crippen LogP contribution in [0.4, 0.5) is 17.1 Å². The highest BCUT2D eigenvalue weighted by atomic mass is 15.1. The fourth-order valence-electron chi connectivity index (χ4n) is 9.03. The molecule has 0 saturated heterocycles. The summed E-state index contributed by atoms with van der Waals surface area (Å²) in [6.07, 6.45) is 0. The fourth-order valence-corrected chi connectivity index (χ4v) is 9.03. The van der Waals surface area contributed by atoms with E-state index in [0.29, 0.717) is 0 Å². The van der Waals surface area contributed by atoms with Crippen molar-refractivity contribution in [2.75, 3.05) is 4.90 Å². The Morgan fingerprint density at radius 1 is 0.310 bits per heavy atom. The van der Waals surface area contributed by atoms with Crippen LogP contribution < -0.4 is 4.90 Å². The van der Waals surface area contributed by atoms with Gasteiger partial charge in [-0.15, -0.1) is 0 Å². The molecule has 11 rings (SSSR count). The lowest BCUT2D eigenvalue weighted by Crippen LogP contribution is -2.11. The molecule has 0 N–H and O–H groups in total. The van der Waals surface area contributed by atoms with Crippen LogP contribution in [-0.4, -0.2) is 4.57 Å². The number of nitrogens with zero attached hydrogens (tertiary/aromatic N) is 2. The fraction of sp³-hybridized carbons (Fsp3) is 0. The number of hydrogen-bond donors (Lipinski definition) is 0. The van der Waals surface area contributed by atoms with E-state index in [2.05, 4.69) is 240 Å². The molecular formula is C56H38N2. The van der Waals surface area contributed by atoms with Crippen molar-refractivity contribution in [2.45, 2.75) is 0 Å². The minimum absolute atomic E-state index is 1.10. The zero-order valence-corrected chi connectivity index (χ0v) is 31.8. The van der Waals surface area contributed by atoms with Gasteiger partial charge in [-0.1, -0.05) is 182 Å². The SMILES string of the molecule is c1ccc(-c2ccccc2N(c2ccccc2)c2cccc3c2c2ccccc2n3-c2ccc(-c3cccc4ccccc34)c(-c3cccc4ccccc34)c2)cc1. The first-order valence-corrected chi connectivity index (χ1v) is 19.9. The summed E-state index contributed by atoms with van der Waals surface area (Å²) in [4.78, 5) is 2.44. The Morgan fingerprint density at radius 3 is 1.57 bits per heavy atom. The Hall–Kier alpha value is -7.68. The molecule has 10 aromatic carbocycles. The maximum Gasteiger partial charge on any atom is 0.0562 e. The molecule has 0 aliphatic rings. The van der Waals surface area contributed by atoms with Gasteiger partial charge in [0.15, 0.2) is 0 Å². The summed E-state index contributed by atoms with van der Waals surface area (Å²) in [5.41, 5.74) is 14.0. The monoisotopic (exact) mass is 738 g/mol. The summed E-state index contributed by atoms with van der Waals surface area (Å²) < 4.78 is 2.46. The van der Waals surface area contributed by atoms with Gasteiger partial charge >= 0.3 is 0 Å². The molecule has 58 heavy (non-hydrogen) atoms. The van der Waals surface area contributed by atoms with E-state index in [-0.39, 0.29) is 0 Å². The highest BCUT2D eigenvalue weighted by molar-refractivity contribution is 6.17. The smallest absolute Gasteiger partial charge is 0.0562 e. The predicted octanol–water partition coefficient (Wildman–Crippen LogP) is 15.6. The minimum atomic E-state index is 1.10. The van der Waals surface area contributed by atoms with Crippen molar-refractivity contribution in [2.24, 2.45) is 0 Å². The normalized spacial score (nSPS) is 11.4. The van der Waals surface area contributed by atoms with Gasteiger partial charge in [-0.25, -0.2) is 0 Å². The molecular weight excluding hydrogens is 701 g/mol. The summed E-state index contributed by atoms with van der Waals surface area (Å²) in [5, 5.41) is 7.36. The van der Waals surface area contributed by atoms with Gasteiger partial charge in [-0.05, 0) is 97.9 Å². The van der Waals surface area contributed by atoms with Gasteiger partial charge in [-0.2, -0.15) is 0 Å². The Morgan fingerprint density at radius 2 is 0.828 bits per heavy atom. The number of benzene rings is 10. The molecule has 0 saturated carbocycles. The molecule has 0 unspecified atom stereocenters. The molecule has 0 aliphatic heterocycles. The average Bonchev–Trinajstić information content (AvgIpc) is 3.64. The van der Waals surface area contributed by atoms with Crippen molar-refractivity contribution in [1.82, 2.24) is 4.57 Å². The van der Waals surface area contributed by atoms with Crippen LogP contribution in [0.1, 0.15) is 0 Å². The van der Waals surface area contributed by atoms with Gasteiger partial charge in [0.25, 0.3) is 0 Å². The van der Waals surface area contributed by atoms with Crippen LogP contribution in [0.25, 0.3) is 82.4 Å². The third kappa shape index (κ3) is 5.57. The maximum absolute atomic E-state index is 2.46. The number of para-hydroxylation sites is 3. The first-order valence-electron chi connectivity index (χ1n) is 19.9. The van der Waals surface area contributed by atoms with E-state index in [9.17, 15) is 0 Å². The maximum atomic E-state index is 2.46. The Bertz CT molecular complexity index is 3280. The van der Waals surface area contributed by atoms with Gasteiger partial charge in [0, 0.05) is 27.7 Å². The highest BCUT2D eigenvalue weighted by Gasteiger charge is 2.23. The van der Waals surface area contributed by atoms with Gasteiger partial charge < -0.3 is 9.47 Å². The average molecular weight is 739 g/mol. The first-order chi connectivity index (χ1) is 28.8. The van der Waals surface area contributed by atoms with Crippen molar-refractivity contribution in [3.63, 3.8) is 0 Å². The Kier molecular flexibility index (Phi) is 8.19. The lowest BCUT2D eigenvalue weighted by Gasteiger charge is -2.28. The van der Waals surface area contributed by atoms with Crippen LogP contribution in [-0.2, 0) is 0 Å². The summed E-state index contributed by atoms with van der Waals surface area (Å²) in [7, 11) is 0. The summed E-state index contributed by atoms with van der Waals surface area (Å²) >= 11 is 0. The Balaban J connectivity index is 1.19. The lowest BCUT2D eigenvalue weighted by molar-refractivity contribution is 1.18. The van der Waals surface area contributed by atoms with Gasteiger partial charge in [0.2, 0.25) is 0 Å². The van der Waals surface area contributed by atoms with Crippen LogP contribution in [0.15, 0.2) is 231 Å². The number of aromatic nitrogens is 1. The van der Waals surface area contributed by atoms with Crippen LogP contribution in [0.5, 0.6) is 0 Å². The molecule has 0 aliphatic carbocycles. The molecule has 11 aromatic rings. The van der Waals surface area contributed by atoms with Crippen molar-refractivity contribution in [1.29, 1.82) is 0 Å². The molecule has 2 nitrogen and oxygen atoms in total. The van der Waals surface area contributed by atoms with Gasteiger partial charge in [-0.3, -0.25) is 0 Å². The number of hydrogen-bond acceptors (Lipinski definition) is 1. The number of rotatable bonds is 7. The van der Waals surface area contributed by atoms with Crippen LogP contribution in [0.3, 0.4) is 0 Å². The lowest BCUT2D eigenvalue weighted by atomic mass is 9.89. The molecule has 272 valence electrons. The van der Waals surface area contributed by atoms with Crippen LogP contribution in [0, 0.1) is 0 Å². The summed E-state index contributed by atoms with van der Waals surface area (Å²) in [6, 6.07) is 83.7. The molecule has 1 heterocycles. The summed E-state index contributed by atoms with van der Waals surface area (Å²) in [5.74, 6) is 0. The van der Waals surface area contributed by atoms with Crippen molar-refractivity contribution < 1.29 is 0 Å². The molecule has 0 spiro atoms. The van der Waals surface area contributed by atoms with E-state index in [1.165, 1.54) is 65.7 Å². The summed E-state index contributed by atoms with van der Waals surface area (Å²) in [6.45, 7) is 0. The van der Waals surface area contributed by atoms with Gasteiger partial charge in [0.05, 0.1) is 22.4 Å². The molecule has 2 heteroatoms. The molecule has 1 aromatic heterocycles. The molecule has 0 amide bonds. The molecule has 0 bridgehead atoms. The quantitative estimate of drug-likeness (QED) is 0.158. The largest absolute Gasteiger partial charge is 0.309 e. The number of fused-ring (bicyclic) bond motifs is 5. The topological polar surface area (TPSA) is 8.17 Å². The van der Waals surface area contributed by atoms with Gasteiger partial charge in [0.1, 0.15) is 0 Å². The first kappa shape index (κ1) is 33.6. The van der Waals surface area contributed by atoms with E-state index in [1.807, 2.05) is 0 Å². The Labute approximate surface area is 338 Å². The minimum Gasteiger partial charge on any atom is -0.309 e. The van der Waals surface area contributed by atoms with E-state index in [4.69, 9.17) is 0 Å².